The van der Waals surface area contributed by atoms with Crippen molar-refractivity contribution in [2.24, 2.45) is 0 Å². The smallest absolute Gasteiger partial charge is 0.214 e. The molecule has 2 N–H and O–H groups in total. The molecule has 0 aromatic carbocycles. The zero-order valence-corrected chi connectivity index (χ0v) is 7.73. The quantitative estimate of drug-likeness (QED) is 0.657. The zero-order valence-electron chi connectivity index (χ0n) is 7.73. The third kappa shape index (κ3) is 2.93. The molecule has 1 aromatic rings. The molecule has 1 rings (SSSR count). The summed E-state index contributed by atoms with van der Waals surface area (Å²) in [6, 6.07) is 2.90. The van der Waals surface area contributed by atoms with Gasteiger partial charge in [-0.05, 0) is 6.07 Å². The van der Waals surface area contributed by atoms with E-state index in [1.54, 1.807) is 11.0 Å². The molecule has 0 unspecified atom stereocenters. The first-order valence-corrected chi connectivity index (χ1v) is 4.36. The van der Waals surface area contributed by atoms with E-state index >= 15 is 0 Å². The molecule has 0 saturated carbocycles. The normalized spacial score (nSPS) is 10.2. The van der Waals surface area contributed by atoms with E-state index in [9.17, 15) is 4.39 Å². The highest BCUT2D eigenvalue weighted by Crippen LogP contribution is 2.12. The maximum absolute atomic E-state index is 12.7. The van der Waals surface area contributed by atoms with E-state index in [1.165, 1.54) is 12.3 Å². The summed E-state index contributed by atoms with van der Waals surface area (Å²) in [6.45, 7) is 0.655. The summed E-state index contributed by atoms with van der Waals surface area (Å²) >= 11 is 0. The second-order valence-corrected chi connectivity index (χ2v) is 2.77. The molecule has 14 heavy (non-hydrogen) atoms. The van der Waals surface area contributed by atoms with Gasteiger partial charge in [0.1, 0.15) is 0 Å². The summed E-state index contributed by atoms with van der Waals surface area (Å²) in [7, 11) is 0. The van der Waals surface area contributed by atoms with Crippen LogP contribution in [0, 0.1) is 5.95 Å². The van der Waals surface area contributed by atoms with Crippen molar-refractivity contribution in [1.29, 1.82) is 0 Å². The third-order valence-corrected chi connectivity index (χ3v) is 1.82. The van der Waals surface area contributed by atoms with Gasteiger partial charge in [0, 0.05) is 31.0 Å². The minimum Gasteiger partial charge on any atom is -0.395 e. The van der Waals surface area contributed by atoms with Crippen LogP contribution in [0.4, 0.5) is 10.1 Å². The number of aromatic nitrogens is 1. The Balaban J connectivity index is 2.75. The van der Waals surface area contributed by atoms with Crippen LogP contribution in [-0.2, 0) is 0 Å². The molecule has 0 bridgehead atoms. The third-order valence-electron chi connectivity index (χ3n) is 1.82. The Morgan fingerprint density at radius 1 is 1.29 bits per heavy atom. The van der Waals surface area contributed by atoms with Gasteiger partial charge in [0.25, 0.3) is 0 Å². The lowest BCUT2D eigenvalue weighted by Crippen LogP contribution is -2.29. The Kier molecular flexibility index (Phi) is 4.28. The minimum atomic E-state index is -0.566. The molecule has 0 aliphatic rings. The SMILES string of the molecule is OCCN(CCO)c1ccnc(F)c1. The monoisotopic (exact) mass is 200 g/mol. The Hall–Kier alpha value is -1.20. The van der Waals surface area contributed by atoms with Gasteiger partial charge >= 0.3 is 0 Å². The highest BCUT2D eigenvalue weighted by molar-refractivity contribution is 5.44. The van der Waals surface area contributed by atoms with Gasteiger partial charge in [-0.1, -0.05) is 0 Å². The zero-order chi connectivity index (χ0) is 10.4. The molecule has 1 heterocycles. The van der Waals surface area contributed by atoms with Crippen molar-refractivity contribution in [2.45, 2.75) is 0 Å². The van der Waals surface area contributed by atoms with Crippen LogP contribution in [0.3, 0.4) is 0 Å². The molecule has 0 aliphatic heterocycles. The van der Waals surface area contributed by atoms with Crippen LogP contribution in [0.2, 0.25) is 0 Å². The van der Waals surface area contributed by atoms with Gasteiger partial charge in [0.15, 0.2) is 0 Å². The number of halogens is 1. The Labute approximate surface area is 81.6 Å². The summed E-state index contributed by atoms with van der Waals surface area (Å²) in [5, 5.41) is 17.5. The van der Waals surface area contributed by atoms with Crippen LogP contribution in [0.5, 0.6) is 0 Å². The highest BCUT2D eigenvalue weighted by Gasteiger charge is 2.05. The van der Waals surface area contributed by atoms with Crippen molar-refractivity contribution >= 4 is 5.69 Å². The Bertz CT molecular complexity index is 277. The molecule has 0 saturated heterocycles. The number of anilines is 1. The van der Waals surface area contributed by atoms with Crippen LogP contribution in [0.1, 0.15) is 0 Å². The van der Waals surface area contributed by atoms with Crippen LogP contribution >= 0.6 is 0 Å². The second kappa shape index (κ2) is 5.51. The summed E-state index contributed by atoms with van der Waals surface area (Å²) < 4.78 is 12.7. The Morgan fingerprint density at radius 3 is 2.43 bits per heavy atom. The van der Waals surface area contributed by atoms with Crippen molar-refractivity contribution in [1.82, 2.24) is 4.98 Å². The predicted octanol–water partition coefficient (Wildman–Crippen LogP) is 0.0117. The fourth-order valence-electron chi connectivity index (χ4n) is 1.20. The first kappa shape index (κ1) is 10.9. The van der Waals surface area contributed by atoms with Crippen LogP contribution < -0.4 is 4.90 Å². The van der Waals surface area contributed by atoms with E-state index in [-0.39, 0.29) is 13.2 Å². The van der Waals surface area contributed by atoms with Gasteiger partial charge < -0.3 is 15.1 Å². The average molecular weight is 200 g/mol. The molecule has 0 fully saturated rings. The lowest BCUT2D eigenvalue weighted by Gasteiger charge is -2.22. The van der Waals surface area contributed by atoms with E-state index < -0.39 is 5.95 Å². The van der Waals surface area contributed by atoms with Crippen LogP contribution in [0.15, 0.2) is 18.3 Å². The molecule has 0 amide bonds. The average Bonchev–Trinajstić information content (AvgIpc) is 2.17. The first-order chi connectivity index (χ1) is 6.77. The lowest BCUT2D eigenvalue weighted by atomic mass is 10.3. The van der Waals surface area contributed by atoms with Gasteiger partial charge in [0.05, 0.1) is 13.2 Å². The van der Waals surface area contributed by atoms with Crippen LogP contribution in [0.25, 0.3) is 0 Å². The van der Waals surface area contributed by atoms with Crippen LogP contribution in [-0.4, -0.2) is 41.5 Å². The van der Waals surface area contributed by atoms with Crippen molar-refractivity contribution in [3.63, 3.8) is 0 Å². The highest BCUT2D eigenvalue weighted by atomic mass is 19.1. The summed E-state index contributed by atoms with van der Waals surface area (Å²) in [6.07, 6.45) is 1.35. The standard InChI is InChI=1S/C9H13FN2O2/c10-9-7-8(1-2-11-9)12(3-5-13)4-6-14/h1-2,7,13-14H,3-6H2. The maximum atomic E-state index is 12.7. The predicted molar refractivity (Wildman–Crippen MR) is 50.6 cm³/mol. The van der Waals surface area contributed by atoms with Gasteiger partial charge in [-0.3, -0.25) is 0 Å². The summed E-state index contributed by atoms with van der Waals surface area (Å²) in [5.74, 6) is -0.566. The molecule has 5 heteroatoms. The molecule has 0 aliphatic carbocycles. The number of hydrogen-bond donors (Lipinski definition) is 2. The molecule has 1 aromatic heterocycles. The fraction of sp³-hybridized carbons (Fsp3) is 0.444. The molecule has 0 spiro atoms. The second-order valence-electron chi connectivity index (χ2n) is 2.77. The van der Waals surface area contributed by atoms with Crippen molar-refractivity contribution in [3.8, 4) is 0 Å². The van der Waals surface area contributed by atoms with E-state index in [0.717, 1.165) is 0 Å². The van der Waals surface area contributed by atoms with Crippen molar-refractivity contribution in [3.05, 3.63) is 24.3 Å². The van der Waals surface area contributed by atoms with Gasteiger partial charge in [-0.15, -0.1) is 0 Å². The topological polar surface area (TPSA) is 56.6 Å². The number of pyridine rings is 1. The summed E-state index contributed by atoms with van der Waals surface area (Å²) in [4.78, 5) is 5.11. The van der Waals surface area contributed by atoms with Crippen molar-refractivity contribution in [2.75, 3.05) is 31.2 Å². The molecular formula is C9H13FN2O2. The van der Waals surface area contributed by atoms with E-state index in [1.807, 2.05) is 0 Å². The maximum Gasteiger partial charge on any atom is 0.214 e. The number of aliphatic hydroxyl groups excluding tert-OH is 2. The number of nitrogens with zero attached hydrogens (tertiary/aromatic N) is 2. The minimum absolute atomic E-state index is 0.0378. The molecule has 4 nitrogen and oxygen atoms in total. The molecule has 78 valence electrons. The number of aliphatic hydroxyl groups is 2. The van der Waals surface area contributed by atoms with Gasteiger partial charge in [-0.25, -0.2) is 4.98 Å². The van der Waals surface area contributed by atoms with E-state index in [0.29, 0.717) is 18.8 Å². The van der Waals surface area contributed by atoms with Crippen molar-refractivity contribution < 1.29 is 14.6 Å². The largest absolute Gasteiger partial charge is 0.395 e. The fourth-order valence-corrected chi connectivity index (χ4v) is 1.20. The van der Waals surface area contributed by atoms with E-state index in [2.05, 4.69) is 4.98 Å². The molecule has 0 atom stereocenters. The van der Waals surface area contributed by atoms with Gasteiger partial charge in [-0.2, -0.15) is 4.39 Å². The number of rotatable bonds is 5. The van der Waals surface area contributed by atoms with Gasteiger partial charge in [0.2, 0.25) is 5.95 Å². The lowest BCUT2D eigenvalue weighted by molar-refractivity contribution is 0.281. The van der Waals surface area contributed by atoms with E-state index in [4.69, 9.17) is 10.2 Å². The Morgan fingerprint density at radius 2 is 1.93 bits per heavy atom. The summed E-state index contributed by atoms with van der Waals surface area (Å²) in [5.41, 5.74) is 0.612. The molecular weight excluding hydrogens is 187 g/mol. The molecule has 0 radical (unpaired) electrons. The first-order valence-electron chi connectivity index (χ1n) is 4.36. The number of hydrogen-bond acceptors (Lipinski definition) is 4.